The van der Waals surface area contributed by atoms with Gasteiger partial charge in [-0.2, -0.15) is 13.2 Å². The van der Waals surface area contributed by atoms with Crippen molar-refractivity contribution in [2.75, 3.05) is 19.0 Å². The maximum Gasteiger partial charge on any atom is 0.417 e. The first-order chi connectivity index (χ1) is 12.8. The van der Waals surface area contributed by atoms with E-state index in [2.05, 4.69) is 5.32 Å². The summed E-state index contributed by atoms with van der Waals surface area (Å²) in [6.07, 6.45) is -3.76. The van der Waals surface area contributed by atoms with E-state index in [4.69, 9.17) is 21.1 Å². The lowest BCUT2D eigenvalue weighted by atomic mass is 10.1. The molecule has 0 aromatic heterocycles. The lowest BCUT2D eigenvalue weighted by molar-refractivity contribution is -0.137. The van der Waals surface area contributed by atoms with Crippen LogP contribution in [0.4, 0.5) is 18.9 Å². The van der Waals surface area contributed by atoms with Crippen LogP contribution in [0.5, 0.6) is 5.75 Å². The highest BCUT2D eigenvalue weighted by Gasteiger charge is 2.33. The molecule has 1 N–H and O–H groups in total. The maximum atomic E-state index is 12.9. The Balaban J connectivity index is 2.22. The van der Waals surface area contributed by atoms with Crippen molar-refractivity contribution in [1.82, 2.24) is 0 Å². The summed E-state index contributed by atoms with van der Waals surface area (Å²) in [4.78, 5) is 12.4. The first-order valence-electron chi connectivity index (χ1n) is 8.19. The molecule has 0 atom stereocenters. The average Bonchev–Trinajstić information content (AvgIpc) is 2.62. The molecule has 0 heterocycles. The van der Waals surface area contributed by atoms with Crippen molar-refractivity contribution < 1.29 is 27.4 Å². The molecule has 8 heteroatoms. The van der Waals surface area contributed by atoms with Gasteiger partial charge < -0.3 is 14.8 Å². The zero-order valence-electron chi connectivity index (χ0n) is 14.8. The molecule has 0 aliphatic heterocycles. The van der Waals surface area contributed by atoms with E-state index in [1.54, 1.807) is 12.1 Å². The molecule has 0 saturated carbocycles. The number of ether oxygens (including phenoxy) is 2. The summed E-state index contributed by atoms with van der Waals surface area (Å²) in [5, 5.41) is 2.02. The molecule has 0 radical (unpaired) electrons. The first kappa shape index (κ1) is 21.1. The third-order valence-electron chi connectivity index (χ3n) is 3.68. The van der Waals surface area contributed by atoms with Crippen molar-refractivity contribution in [3.05, 3.63) is 58.1 Å². The van der Waals surface area contributed by atoms with Crippen LogP contribution in [0, 0.1) is 0 Å². The van der Waals surface area contributed by atoms with Gasteiger partial charge in [-0.05, 0) is 42.8 Å². The molecular formula is C19H19ClF3NO3. The van der Waals surface area contributed by atoms with Crippen molar-refractivity contribution in [2.45, 2.75) is 26.1 Å². The van der Waals surface area contributed by atoms with Gasteiger partial charge in [0.25, 0.3) is 5.91 Å². The zero-order chi connectivity index (χ0) is 20.0. The summed E-state index contributed by atoms with van der Waals surface area (Å²) in [6.45, 7) is 2.80. The van der Waals surface area contributed by atoms with Gasteiger partial charge in [0.1, 0.15) is 5.75 Å². The van der Waals surface area contributed by atoms with Gasteiger partial charge in [-0.3, -0.25) is 4.79 Å². The van der Waals surface area contributed by atoms with Gasteiger partial charge in [-0.15, -0.1) is 0 Å². The Morgan fingerprint density at radius 1 is 1.19 bits per heavy atom. The van der Waals surface area contributed by atoms with Gasteiger partial charge in [-0.1, -0.05) is 18.5 Å². The number of carbonyl (C=O) groups is 1. The molecule has 1 amide bonds. The number of halogens is 4. The van der Waals surface area contributed by atoms with Crippen molar-refractivity contribution in [3.8, 4) is 5.75 Å². The third-order valence-corrected chi connectivity index (χ3v) is 4.01. The van der Waals surface area contributed by atoms with E-state index in [-0.39, 0.29) is 17.9 Å². The number of hydrogen-bond donors (Lipinski definition) is 1. The Hall–Kier alpha value is -2.25. The Bertz CT molecular complexity index is 809. The first-order valence-corrected chi connectivity index (χ1v) is 8.56. The highest BCUT2D eigenvalue weighted by molar-refractivity contribution is 6.31. The van der Waals surface area contributed by atoms with E-state index in [0.29, 0.717) is 17.9 Å². The smallest absolute Gasteiger partial charge is 0.417 e. The number of rotatable bonds is 7. The summed E-state index contributed by atoms with van der Waals surface area (Å²) >= 11 is 5.59. The third kappa shape index (κ3) is 5.61. The van der Waals surface area contributed by atoms with E-state index in [9.17, 15) is 18.0 Å². The van der Waals surface area contributed by atoms with Crippen molar-refractivity contribution in [2.24, 2.45) is 0 Å². The second-order valence-electron chi connectivity index (χ2n) is 5.73. The van der Waals surface area contributed by atoms with E-state index in [1.165, 1.54) is 19.2 Å². The van der Waals surface area contributed by atoms with Crippen LogP contribution in [-0.2, 0) is 17.5 Å². The molecule has 0 unspecified atom stereocenters. The van der Waals surface area contributed by atoms with E-state index < -0.39 is 22.7 Å². The van der Waals surface area contributed by atoms with Crippen LogP contribution >= 0.6 is 11.6 Å². The fraction of sp³-hybridized carbons (Fsp3) is 0.316. The molecule has 0 aliphatic carbocycles. The summed E-state index contributed by atoms with van der Waals surface area (Å²) in [6, 6.07) is 7.93. The lowest BCUT2D eigenvalue weighted by Gasteiger charge is -2.13. The van der Waals surface area contributed by atoms with Crippen LogP contribution < -0.4 is 10.1 Å². The Kier molecular flexibility index (Phi) is 7.10. The van der Waals surface area contributed by atoms with Gasteiger partial charge in [-0.25, -0.2) is 0 Å². The second-order valence-corrected chi connectivity index (χ2v) is 6.13. The minimum absolute atomic E-state index is 0.00340. The van der Waals surface area contributed by atoms with Gasteiger partial charge in [0.05, 0.1) is 24.3 Å². The molecule has 4 nitrogen and oxygen atoms in total. The number of amides is 1. The monoisotopic (exact) mass is 401 g/mol. The van der Waals surface area contributed by atoms with Crippen molar-refractivity contribution in [1.29, 1.82) is 0 Å². The van der Waals surface area contributed by atoms with Crippen LogP contribution in [0.25, 0.3) is 0 Å². The minimum Gasteiger partial charge on any atom is -0.496 e. The van der Waals surface area contributed by atoms with E-state index in [1.807, 2.05) is 6.92 Å². The van der Waals surface area contributed by atoms with Crippen LogP contribution in [0.2, 0.25) is 5.02 Å². The molecule has 0 fully saturated rings. The molecule has 2 rings (SSSR count). The second kappa shape index (κ2) is 9.10. The van der Waals surface area contributed by atoms with Gasteiger partial charge in [0.15, 0.2) is 0 Å². The summed E-state index contributed by atoms with van der Waals surface area (Å²) in [5.41, 5.74) is -0.0678. The fourth-order valence-electron chi connectivity index (χ4n) is 2.38. The molecule has 27 heavy (non-hydrogen) atoms. The van der Waals surface area contributed by atoms with Crippen LogP contribution in [0.1, 0.15) is 34.8 Å². The minimum atomic E-state index is -4.61. The van der Waals surface area contributed by atoms with Crippen molar-refractivity contribution >= 4 is 23.2 Å². The van der Waals surface area contributed by atoms with Gasteiger partial charge >= 0.3 is 6.18 Å². The largest absolute Gasteiger partial charge is 0.496 e. The van der Waals surface area contributed by atoms with Gasteiger partial charge in [0.2, 0.25) is 0 Å². The summed E-state index contributed by atoms with van der Waals surface area (Å²) in [5.74, 6) is 0.0124. The fourth-order valence-corrected chi connectivity index (χ4v) is 2.61. The lowest BCUT2D eigenvalue weighted by Crippen LogP contribution is -2.14. The predicted octanol–water partition coefficient (Wildman–Crippen LogP) is 5.55. The topological polar surface area (TPSA) is 47.6 Å². The predicted molar refractivity (Wildman–Crippen MR) is 97.3 cm³/mol. The SMILES string of the molecule is CCCOCc1cc(C(=O)Nc2ccc(Cl)c(C(F)(F)F)c2)ccc1OC. The molecule has 0 spiro atoms. The zero-order valence-corrected chi connectivity index (χ0v) is 15.6. The molecule has 146 valence electrons. The Morgan fingerprint density at radius 2 is 1.93 bits per heavy atom. The van der Waals surface area contributed by atoms with Crippen LogP contribution in [-0.4, -0.2) is 19.6 Å². The number of nitrogens with one attached hydrogen (secondary N) is 1. The number of benzene rings is 2. The van der Waals surface area contributed by atoms with E-state index >= 15 is 0 Å². The molecule has 0 bridgehead atoms. The molecule has 0 aliphatic rings. The Morgan fingerprint density at radius 3 is 2.56 bits per heavy atom. The highest BCUT2D eigenvalue weighted by Crippen LogP contribution is 2.36. The standard InChI is InChI=1S/C19H19ClF3NO3/c1-3-8-27-11-13-9-12(4-7-17(13)26-2)18(25)24-14-5-6-16(20)15(10-14)19(21,22)23/h4-7,9-10H,3,8,11H2,1-2H3,(H,24,25). The summed E-state index contributed by atoms with van der Waals surface area (Å²) in [7, 11) is 1.50. The number of hydrogen-bond acceptors (Lipinski definition) is 3. The maximum absolute atomic E-state index is 12.9. The number of carbonyl (C=O) groups excluding carboxylic acids is 1. The van der Waals surface area contributed by atoms with Gasteiger partial charge in [0, 0.05) is 23.4 Å². The van der Waals surface area contributed by atoms with Crippen molar-refractivity contribution in [3.63, 3.8) is 0 Å². The molecule has 2 aromatic rings. The Labute approximate surface area is 160 Å². The molecule has 2 aromatic carbocycles. The molecule has 0 saturated heterocycles. The quantitative estimate of drug-likeness (QED) is 0.619. The van der Waals surface area contributed by atoms with Crippen LogP contribution in [0.15, 0.2) is 36.4 Å². The normalized spacial score (nSPS) is 11.3. The summed E-state index contributed by atoms with van der Waals surface area (Å²) < 4.78 is 49.6. The number of anilines is 1. The molecular weight excluding hydrogens is 383 g/mol. The van der Waals surface area contributed by atoms with E-state index in [0.717, 1.165) is 18.6 Å². The number of methoxy groups -OCH3 is 1. The average molecular weight is 402 g/mol. The highest BCUT2D eigenvalue weighted by atomic mass is 35.5. The number of alkyl halides is 3. The van der Waals surface area contributed by atoms with Crippen LogP contribution in [0.3, 0.4) is 0 Å².